The minimum Gasteiger partial charge on any atom is -0.346 e. The fourth-order valence-corrected chi connectivity index (χ4v) is 3.04. The van der Waals surface area contributed by atoms with Crippen molar-refractivity contribution in [3.8, 4) is 0 Å². The van der Waals surface area contributed by atoms with E-state index in [1.54, 1.807) is 6.07 Å². The van der Waals surface area contributed by atoms with Gasteiger partial charge in [0, 0.05) is 12.8 Å². The van der Waals surface area contributed by atoms with Crippen molar-refractivity contribution >= 4 is 34.1 Å². The summed E-state index contributed by atoms with van der Waals surface area (Å²) >= 11 is 1.40. The van der Waals surface area contributed by atoms with Gasteiger partial charge in [-0.15, -0.1) is 11.3 Å². The number of amides is 1. The first-order valence-electron chi connectivity index (χ1n) is 7.44. The fourth-order valence-electron chi connectivity index (χ4n) is 2.35. The third-order valence-corrected chi connectivity index (χ3v) is 4.48. The first-order chi connectivity index (χ1) is 11.1. The molecule has 1 atom stereocenters. The summed E-state index contributed by atoms with van der Waals surface area (Å²) in [6.07, 6.45) is 0.403. The summed E-state index contributed by atoms with van der Waals surface area (Å²) in [6.45, 7) is 1.87. The molecule has 2 aromatic heterocycles. The van der Waals surface area contributed by atoms with Crippen LogP contribution in [-0.2, 0) is 4.79 Å². The number of fused-ring (bicyclic) bond motifs is 1. The van der Waals surface area contributed by atoms with Gasteiger partial charge in [-0.05, 0) is 30.5 Å². The molecule has 0 fully saturated rings. The number of Topliss-reactive ketones (excluding diaryl/α,β-unsaturated/α-hetero) is 1. The van der Waals surface area contributed by atoms with Crippen LogP contribution in [0.5, 0.6) is 0 Å². The zero-order valence-electron chi connectivity index (χ0n) is 12.7. The van der Waals surface area contributed by atoms with E-state index in [0.29, 0.717) is 10.7 Å². The molecular formula is C17H17N3O2S. The quantitative estimate of drug-likeness (QED) is 0.681. The Hall–Kier alpha value is -2.47. The Morgan fingerprint density at radius 2 is 2.04 bits per heavy atom. The molecule has 6 heteroatoms. The van der Waals surface area contributed by atoms with Crippen molar-refractivity contribution < 1.29 is 9.59 Å². The molecule has 2 N–H and O–H groups in total. The predicted molar refractivity (Wildman–Crippen MR) is 90.5 cm³/mol. The maximum atomic E-state index is 12.0. The third kappa shape index (κ3) is 3.65. The van der Waals surface area contributed by atoms with E-state index >= 15 is 0 Å². The molecule has 1 aromatic carbocycles. The lowest BCUT2D eigenvalue weighted by atomic mass is 10.2. The number of rotatable bonds is 6. The average molecular weight is 327 g/mol. The first kappa shape index (κ1) is 15.4. The van der Waals surface area contributed by atoms with E-state index in [2.05, 4.69) is 15.3 Å². The van der Waals surface area contributed by atoms with Gasteiger partial charge < -0.3 is 10.3 Å². The number of carbonyl (C=O) groups excluding carboxylic acids is 2. The van der Waals surface area contributed by atoms with Gasteiger partial charge in [-0.2, -0.15) is 0 Å². The molecule has 0 saturated carbocycles. The zero-order chi connectivity index (χ0) is 16.2. The Kier molecular flexibility index (Phi) is 4.52. The maximum absolute atomic E-state index is 12.0. The molecule has 3 rings (SSSR count). The lowest BCUT2D eigenvalue weighted by molar-refractivity contribution is -0.121. The summed E-state index contributed by atoms with van der Waals surface area (Å²) < 4.78 is 0. The van der Waals surface area contributed by atoms with Crippen LogP contribution in [0.1, 0.15) is 41.3 Å². The van der Waals surface area contributed by atoms with Gasteiger partial charge in [0.05, 0.1) is 22.0 Å². The van der Waals surface area contributed by atoms with E-state index < -0.39 is 0 Å². The highest BCUT2D eigenvalue weighted by Crippen LogP contribution is 2.16. The molecule has 1 amide bonds. The van der Waals surface area contributed by atoms with Gasteiger partial charge in [0.1, 0.15) is 5.82 Å². The predicted octanol–water partition coefficient (Wildman–Crippen LogP) is 3.46. The minimum atomic E-state index is -0.230. The van der Waals surface area contributed by atoms with Crippen LogP contribution >= 0.6 is 11.3 Å². The highest BCUT2D eigenvalue weighted by Gasteiger charge is 2.15. The summed E-state index contributed by atoms with van der Waals surface area (Å²) in [5.41, 5.74) is 1.81. The molecule has 0 spiro atoms. The van der Waals surface area contributed by atoms with Gasteiger partial charge in [0.2, 0.25) is 5.91 Å². The van der Waals surface area contributed by atoms with E-state index in [1.807, 2.05) is 42.6 Å². The Morgan fingerprint density at radius 1 is 1.22 bits per heavy atom. The van der Waals surface area contributed by atoms with Crippen LogP contribution in [0.2, 0.25) is 0 Å². The molecule has 23 heavy (non-hydrogen) atoms. The Bertz CT molecular complexity index is 790. The van der Waals surface area contributed by atoms with Crippen LogP contribution < -0.4 is 5.32 Å². The third-order valence-electron chi connectivity index (χ3n) is 3.57. The van der Waals surface area contributed by atoms with Crippen molar-refractivity contribution in [3.05, 3.63) is 52.5 Å². The zero-order valence-corrected chi connectivity index (χ0v) is 13.5. The molecule has 0 saturated heterocycles. The summed E-state index contributed by atoms with van der Waals surface area (Å²) in [5, 5.41) is 4.73. The van der Waals surface area contributed by atoms with Crippen molar-refractivity contribution in [1.82, 2.24) is 15.3 Å². The number of para-hydroxylation sites is 2. The fraction of sp³-hybridized carbons (Fsp3) is 0.235. The highest BCUT2D eigenvalue weighted by molar-refractivity contribution is 7.12. The van der Waals surface area contributed by atoms with Gasteiger partial charge in [-0.3, -0.25) is 9.59 Å². The number of thiophene rings is 1. The second kappa shape index (κ2) is 6.75. The summed E-state index contributed by atoms with van der Waals surface area (Å²) in [6, 6.07) is 11.1. The van der Waals surface area contributed by atoms with E-state index in [-0.39, 0.29) is 30.6 Å². The standard InChI is InChI=1S/C17H17N3O2S/c1-11(17-19-12-5-2-3-6-13(12)20-17)18-16(22)9-8-14(21)15-7-4-10-23-15/h2-7,10-11H,8-9H2,1H3,(H,18,22)(H,19,20). The molecule has 0 bridgehead atoms. The van der Waals surface area contributed by atoms with Crippen LogP contribution in [0.25, 0.3) is 11.0 Å². The average Bonchev–Trinajstić information content (AvgIpc) is 3.21. The van der Waals surface area contributed by atoms with Gasteiger partial charge in [0.15, 0.2) is 5.78 Å². The number of aromatic nitrogens is 2. The van der Waals surface area contributed by atoms with Gasteiger partial charge in [-0.1, -0.05) is 18.2 Å². The summed E-state index contributed by atoms with van der Waals surface area (Å²) in [5.74, 6) is 0.568. The summed E-state index contributed by atoms with van der Waals surface area (Å²) in [7, 11) is 0. The highest BCUT2D eigenvalue weighted by atomic mass is 32.1. The van der Waals surface area contributed by atoms with Crippen LogP contribution in [0.15, 0.2) is 41.8 Å². The minimum absolute atomic E-state index is 0.00606. The monoisotopic (exact) mass is 327 g/mol. The molecule has 2 heterocycles. The number of imidazole rings is 1. The van der Waals surface area contributed by atoms with Crippen LogP contribution in [0.3, 0.4) is 0 Å². The lowest BCUT2D eigenvalue weighted by Crippen LogP contribution is -2.27. The molecule has 5 nitrogen and oxygen atoms in total. The Morgan fingerprint density at radius 3 is 2.78 bits per heavy atom. The molecule has 3 aromatic rings. The van der Waals surface area contributed by atoms with Crippen molar-refractivity contribution in [2.45, 2.75) is 25.8 Å². The van der Waals surface area contributed by atoms with Crippen molar-refractivity contribution in [2.24, 2.45) is 0 Å². The number of benzene rings is 1. The van der Waals surface area contributed by atoms with Crippen LogP contribution in [0, 0.1) is 0 Å². The molecule has 1 unspecified atom stereocenters. The maximum Gasteiger partial charge on any atom is 0.221 e. The second-order valence-electron chi connectivity index (χ2n) is 5.33. The van der Waals surface area contributed by atoms with E-state index in [1.165, 1.54) is 11.3 Å². The SMILES string of the molecule is CC(NC(=O)CCC(=O)c1cccs1)c1nc2ccccc2[nH]1. The number of nitrogens with one attached hydrogen (secondary N) is 2. The largest absolute Gasteiger partial charge is 0.346 e. The smallest absolute Gasteiger partial charge is 0.221 e. The number of hydrogen-bond acceptors (Lipinski definition) is 4. The molecular weight excluding hydrogens is 310 g/mol. The van der Waals surface area contributed by atoms with E-state index in [4.69, 9.17) is 0 Å². The number of hydrogen-bond donors (Lipinski definition) is 2. The van der Waals surface area contributed by atoms with E-state index in [9.17, 15) is 9.59 Å². The normalized spacial score (nSPS) is 12.2. The lowest BCUT2D eigenvalue weighted by Gasteiger charge is -2.11. The topological polar surface area (TPSA) is 74.8 Å². The summed E-state index contributed by atoms with van der Waals surface area (Å²) in [4.78, 5) is 32.3. The van der Waals surface area contributed by atoms with Crippen LogP contribution in [-0.4, -0.2) is 21.7 Å². The van der Waals surface area contributed by atoms with Crippen molar-refractivity contribution in [2.75, 3.05) is 0 Å². The molecule has 0 aliphatic rings. The number of nitrogens with zero attached hydrogens (tertiary/aromatic N) is 1. The van der Waals surface area contributed by atoms with E-state index in [0.717, 1.165) is 11.0 Å². The molecule has 0 radical (unpaired) electrons. The molecule has 0 aliphatic carbocycles. The Balaban J connectivity index is 1.55. The van der Waals surface area contributed by atoms with Gasteiger partial charge in [-0.25, -0.2) is 4.98 Å². The van der Waals surface area contributed by atoms with Crippen molar-refractivity contribution in [1.29, 1.82) is 0 Å². The Labute approximate surface area is 137 Å². The van der Waals surface area contributed by atoms with Crippen molar-refractivity contribution in [3.63, 3.8) is 0 Å². The first-order valence-corrected chi connectivity index (χ1v) is 8.32. The molecule has 0 aliphatic heterocycles. The second-order valence-corrected chi connectivity index (χ2v) is 6.28. The van der Waals surface area contributed by atoms with Crippen LogP contribution in [0.4, 0.5) is 0 Å². The number of aromatic amines is 1. The molecule has 118 valence electrons. The number of H-pyrrole nitrogens is 1. The number of ketones is 1. The van der Waals surface area contributed by atoms with Gasteiger partial charge in [0.25, 0.3) is 0 Å². The number of carbonyl (C=O) groups is 2. The van der Waals surface area contributed by atoms with Gasteiger partial charge >= 0.3 is 0 Å².